The molecule has 192 valence electrons. The summed E-state index contributed by atoms with van der Waals surface area (Å²) in [5.74, 6) is -0.346. The second-order valence-corrected chi connectivity index (χ2v) is 11.6. The van der Waals surface area contributed by atoms with Gasteiger partial charge in [-0.15, -0.1) is 0 Å². The Balaban J connectivity index is 1.47. The number of oxazole rings is 1. The van der Waals surface area contributed by atoms with E-state index in [0.717, 1.165) is 22.2 Å². The van der Waals surface area contributed by atoms with Crippen LogP contribution in [0.25, 0.3) is 22.6 Å². The number of aliphatic carboxylic acids is 1. The molecule has 2 aromatic carbocycles. The summed E-state index contributed by atoms with van der Waals surface area (Å²) >= 11 is 0. The van der Waals surface area contributed by atoms with Gasteiger partial charge in [-0.3, -0.25) is 9.69 Å². The van der Waals surface area contributed by atoms with Crippen LogP contribution in [0.2, 0.25) is 0 Å². The van der Waals surface area contributed by atoms with Crippen LogP contribution in [0.3, 0.4) is 0 Å². The smallest absolute Gasteiger partial charge is 0.481 e. The highest BCUT2D eigenvalue weighted by Crippen LogP contribution is 2.38. The van der Waals surface area contributed by atoms with E-state index in [9.17, 15) is 15.2 Å². The number of carboxylic acid groups (broad SMARTS) is 1. The highest BCUT2D eigenvalue weighted by atomic mass is 16.7. The number of hydrogen-bond acceptors (Lipinski definition) is 7. The molecule has 1 aromatic heterocycles. The van der Waals surface area contributed by atoms with Crippen molar-refractivity contribution in [1.82, 2.24) is 9.88 Å². The summed E-state index contributed by atoms with van der Waals surface area (Å²) in [4.78, 5) is 18.5. The quantitative estimate of drug-likeness (QED) is 0.517. The van der Waals surface area contributed by atoms with Gasteiger partial charge in [0.05, 0.1) is 22.2 Å². The molecule has 0 bridgehead atoms. The number of aromatic nitrogens is 1. The van der Waals surface area contributed by atoms with Gasteiger partial charge >= 0.3 is 13.1 Å². The van der Waals surface area contributed by atoms with Gasteiger partial charge in [-0.2, -0.15) is 5.26 Å². The molecule has 2 aliphatic rings. The van der Waals surface area contributed by atoms with Crippen LogP contribution in [0.5, 0.6) is 0 Å². The van der Waals surface area contributed by atoms with Crippen molar-refractivity contribution in [3.63, 3.8) is 0 Å². The molecule has 1 atom stereocenters. The van der Waals surface area contributed by atoms with Crippen molar-refractivity contribution in [3.05, 3.63) is 47.0 Å². The van der Waals surface area contributed by atoms with Gasteiger partial charge in [-0.05, 0) is 89.3 Å². The minimum atomic E-state index is -0.776. The lowest BCUT2D eigenvalue weighted by molar-refractivity contribution is -0.147. The van der Waals surface area contributed by atoms with Crippen molar-refractivity contribution in [2.24, 2.45) is 5.41 Å². The second-order valence-electron chi connectivity index (χ2n) is 11.6. The minimum absolute atomic E-state index is 0.409. The van der Waals surface area contributed by atoms with Gasteiger partial charge < -0.3 is 18.8 Å². The Bertz CT molecular complexity index is 1420. The first-order valence-electron chi connectivity index (χ1n) is 12.6. The third kappa shape index (κ3) is 4.33. The maximum absolute atomic E-state index is 11.6. The summed E-state index contributed by atoms with van der Waals surface area (Å²) in [6.07, 6.45) is 0.599. The Morgan fingerprint density at radius 3 is 2.51 bits per heavy atom. The van der Waals surface area contributed by atoms with Crippen molar-refractivity contribution in [1.29, 1.82) is 5.26 Å². The number of nitrogens with zero attached hydrogens (tertiary/aromatic N) is 3. The van der Waals surface area contributed by atoms with Crippen LogP contribution in [0.15, 0.2) is 34.7 Å². The molecule has 37 heavy (non-hydrogen) atoms. The van der Waals surface area contributed by atoms with Gasteiger partial charge in [0.2, 0.25) is 5.89 Å². The lowest BCUT2D eigenvalue weighted by Gasteiger charge is -2.32. The van der Waals surface area contributed by atoms with E-state index in [-0.39, 0.29) is 0 Å². The largest absolute Gasteiger partial charge is 0.495 e. The zero-order valence-corrected chi connectivity index (χ0v) is 22.2. The summed E-state index contributed by atoms with van der Waals surface area (Å²) < 4.78 is 18.7. The van der Waals surface area contributed by atoms with Crippen LogP contribution in [-0.4, -0.2) is 52.4 Å². The average molecular weight is 501 g/mol. The predicted molar refractivity (Wildman–Crippen MR) is 140 cm³/mol. The molecule has 8 nitrogen and oxygen atoms in total. The fraction of sp³-hybridized carbons (Fsp3) is 0.464. The van der Waals surface area contributed by atoms with Gasteiger partial charge in [0.15, 0.2) is 5.58 Å². The van der Waals surface area contributed by atoms with Crippen LogP contribution in [0, 0.1) is 23.7 Å². The van der Waals surface area contributed by atoms with E-state index in [0.29, 0.717) is 48.6 Å². The van der Waals surface area contributed by atoms with Crippen LogP contribution >= 0.6 is 0 Å². The fourth-order valence-corrected chi connectivity index (χ4v) is 5.12. The van der Waals surface area contributed by atoms with Crippen molar-refractivity contribution in [3.8, 4) is 17.5 Å². The maximum atomic E-state index is 11.6. The lowest BCUT2D eigenvalue weighted by Crippen LogP contribution is -2.41. The molecular weight excluding hydrogens is 469 g/mol. The molecule has 2 saturated heterocycles. The van der Waals surface area contributed by atoms with Crippen molar-refractivity contribution in [2.45, 2.75) is 65.7 Å². The fourth-order valence-electron chi connectivity index (χ4n) is 5.12. The van der Waals surface area contributed by atoms with E-state index >= 15 is 0 Å². The van der Waals surface area contributed by atoms with Gasteiger partial charge in [-0.1, -0.05) is 12.1 Å². The maximum Gasteiger partial charge on any atom is 0.495 e. The molecule has 1 unspecified atom stereocenters. The SMILES string of the molecule is Cc1c(B2OC(C)(C)C(C)(C)O2)cccc1-c1nc2cc(CN3CCC(C)(C(=O)O)C3)cc(C#N)c2o1. The second kappa shape index (κ2) is 8.69. The van der Waals surface area contributed by atoms with Gasteiger partial charge in [0.25, 0.3) is 0 Å². The van der Waals surface area contributed by atoms with E-state index in [1.54, 1.807) is 13.0 Å². The lowest BCUT2D eigenvalue weighted by atomic mass is 9.75. The first-order chi connectivity index (χ1) is 17.3. The summed E-state index contributed by atoms with van der Waals surface area (Å²) in [5, 5.41) is 19.4. The number of carboxylic acids is 1. The van der Waals surface area contributed by atoms with Gasteiger partial charge in [-0.25, -0.2) is 4.98 Å². The molecule has 3 heterocycles. The third-order valence-electron chi connectivity index (χ3n) is 8.26. The molecule has 0 radical (unpaired) electrons. The van der Waals surface area contributed by atoms with E-state index in [4.69, 9.17) is 18.7 Å². The summed E-state index contributed by atoms with van der Waals surface area (Å²) in [5.41, 5.74) is 3.37. The molecule has 0 amide bonds. The first-order valence-corrected chi connectivity index (χ1v) is 12.6. The zero-order valence-electron chi connectivity index (χ0n) is 22.2. The van der Waals surface area contributed by atoms with Crippen molar-refractivity contribution in [2.75, 3.05) is 13.1 Å². The van der Waals surface area contributed by atoms with Crippen LogP contribution < -0.4 is 5.46 Å². The Hall–Kier alpha value is -3.19. The topological polar surface area (TPSA) is 109 Å². The van der Waals surface area contributed by atoms with Crippen molar-refractivity contribution < 1.29 is 23.6 Å². The number of carbonyl (C=O) groups is 1. The highest BCUT2D eigenvalue weighted by molar-refractivity contribution is 6.62. The monoisotopic (exact) mass is 501 g/mol. The molecule has 2 fully saturated rings. The van der Waals surface area contributed by atoms with Gasteiger partial charge in [0.1, 0.15) is 11.6 Å². The van der Waals surface area contributed by atoms with E-state index in [2.05, 4.69) is 11.0 Å². The van der Waals surface area contributed by atoms with Crippen LogP contribution in [0.4, 0.5) is 0 Å². The van der Waals surface area contributed by atoms with Crippen molar-refractivity contribution >= 4 is 29.7 Å². The molecule has 0 spiro atoms. The standard InChI is InChI=1S/C28H32BN3O5/c1-17-20(8-7-9-21(17)29-36-26(2,3)27(4,5)37-29)24-31-22-13-18(12-19(14-30)23(22)35-24)15-32-11-10-28(6,16-32)25(33)34/h7-9,12-13H,10-11,15-16H2,1-6H3,(H,33,34). The summed E-state index contributed by atoms with van der Waals surface area (Å²) in [6.45, 7) is 13.6. The van der Waals surface area contributed by atoms with Gasteiger partial charge in [0, 0.05) is 18.7 Å². The molecular formula is C28H32BN3O5. The Labute approximate surface area is 217 Å². The van der Waals surface area contributed by atoms with E-state index in [1.807, 2.05) is 58.9 Å². The first kappa shape index (κ1) is 25.5. The predicted octanol–water partition coefficient (Wildman–Crippen LogP) is 4.27. The summed E-state index contributed by atoms with van der Waals surface area (Å²) in [7, 11) is -0.507. The average Bonchev–Trinajstić information content (AvgIpc) is 3.47. The Morgan fingerprint density at radius 1 is 1.19 bits per heavy atom. The van der Waals surface area contributed by atoms with Crippen LogP contribution in [0.1, 0.15) is 57.7 Å². The summed E-state index contributed by atoms with van der Waals surface area (Å²) in [6, 6.07) is 11.8. The molecule has 1 N–H and O–H groups in total. The minimum Gasteiger partial charge on any atom is -0.481 e. The normalized spacial score (nSPS) is 23.0. The number of likely N-dealkylation sites (tertiary alicyclic amines) is 1. The molecule has 3 aromatic rings. The number of benzene rings is 2. The van der Waals surface area contributed by atoms with Crippen LogP contribution in [-0.2, 0) is 20.6 Å². The number of hydrogen-bond donors (Lipinski definition) is 1. The molecule has 0 aliphatic carbocycles. The van der Waals surface area contributed by atoms with E-state index < -0.39 is 29.7 Å². The number of nitriles is 1. The Kier molecular flexibility index (Phi) is 5.98. The number of rotatable bonds is 5. The molecule has 2 aliphatic heterocycles. The highest BCUT2D eigenvalue weighted by Gasteiger charge is 2.52. The molecule has 5 rings (SSSR count). The molecule has 9 heteroatoms. The van der Waals surface area contributed by atoms with E-state index in [1.165, 1.54) is 0 Å². The Morgan fingerprint density at radius 2 is 1.89 bits per heavy atom. The zero-order chi connectivity index (χ0) is 26.8. The third-order valence-corrected chi connectivity index (χ3v) is 8.26. The molecule has 0 saturated carbocycles. The number of fused-ring (bicyclic) bond motifs is 1.